The van der Waals surface area contributed by atoms with E-state index in [-0.39, 0.29) is 11.9 Å². The van der Waals surface area contributed by atoms with E-state index < -0.39 is 0 Å². The molecule has 4 heterocycles. The second-order valence-electron chi connectivity index (χ2n) is 6.22. The Kier molecular flexibility index (Phi) is 3.37. The molecule has 4 rings (SSSR count). The molecule has 1 atom stereocenters. The molecular weight excluding hydrogens is 304 g/mol. The van der Waals surface area contributed by atoms with Gasteiger partial charge in [-0.1, -0.05) is 13.0 Å². The Bertz CT molecular complexity index is 924. The maximum Gasteiger partial charge on any atom is 0.245 e. The fraction of sp³-hybridized carbons (Fsp3) is 0.412. The van der Waals surface area contributed by atoms with Crippen molar-refractivity contribution in [1.82, 2.24) is 29.0 Å². The SMILES string of the molecule is CCCN1Cc2nnc(-c3c(C)nc4ccccn34)n2[C@H](C)C1=O. The fourth-order valence-corrected chi connectivity index (χ4v) is 3.47. The van der Waals surface area contributed by atoms with E-state index in [1.807, 2.05) is 52.1 Å². The lowest BCUT2D eigenvalue weighted by atomic mass is 10.2. The summed E-state index contributed by atoms with van der Waals surface area (Å²) in [6, 6.07) is 5.57. The van der Waals surface area contributed by atoms with Crippen molar-refractivity contribution in [2.75, 3.05) is 6.54 Å². The number of fused-ring (bicyclic) bond motifs is 2. The summed E-state index contributed by atoms with van der Waals surface area (Å²) in [5.41, 5.74) is 2.64. The van der Waals surface area contributed by atoms with Gasteiger partial charge >= 0.3 is 0 Å². The normalized spacial score (nSPS) is 17.5. The number of aromatic nitrogens is 5. The van der Waals surface area contributed by atoms with Crippen LogP contribution in [0.2, 0.25) is 0 Å². The van der Waals surface area contributed by atoms with Crippen LogP contribution in [-0.4, -0.2) is 41.5 Å². The molecule has 0 unspecified atom stereocenters. The maximum atomic E-state index is 12.7. The zero-order valence-electron chi connectivity index (χ0n) is 14.1. The first-order valence-corrected chi connectivity index (χ1v) is 8.28. The topological polar surface area (TPSA) is 68.3 Å². The number of hydrogen-bond acceptors (Lipinski definition) is 4. The van der Waals surface area contributed by atoms with Crippen molar-refractivity contribution in [3.8, 4) is 11.5 Å². The Hall–Kier alpha value is -2.70. The van der Waals surface area contributed by atoms with Gasteiger partial charge in [-0.15, -0.1) is 10.2 Å². The number of hydrogen-bond donors (Lipinski definition) is 0. The number of pyridine rings is 1. The minimum absolute atomic E-state index is 0.122. The van der Waals surface area contributed by atoms with Crippen molar-refractivity contribution < 1.29 is 4.79 Å². The van der Waals surface area contributed by atoms with E-state index in [1.165, 1.54) is 0 Å². The van der Waals surface area contributed by atoms with Gasteiger partial charge in [0, 0.05) is 12.7 Å². The zero-order chi connectivity index (χ0) is 16.8. The van der Waals surface area contributed by atoms with Gasteiger partial charge in [0.2, 0.25) is 5.91 Å². The summed E-state index contributed by atoms with van der Waals surface area (Å²) < 4.78 is 3.96. The third-order valence-corrected chi connectivity index (χ3v) is 4.56. The highest BCUT2D eigenvalue weighted by Crippen LogP contribution is 2.30. The second kappa shape index (κ2) is 5.43. The first kappa shape index (κ1) is 14.9. The maximum absolute atomic E-state index is 12.7. The number of amides is 1. The molecule has 0 spiro atoms. The number of carbonyl (C=O) groups is 1. The number of aryl methyl sites for hydroxylation is 1. The van der Waals surface area contributed by atoms with Crippen molar-refractivity contribution in [1.29, 1.82) is 0 Å². The lowest BCUT2D eigenvalue weighted by Crippen LogP contribution is -2.42. The van der Waals surface area contributed by atoms with E-state index in [1.54, 1.807) is 0 Å². The average Bonchev–Trinajstić information content (AvgIpc) is 3.12. The quantitative estimate of drug-likeness (QED) is 0.741. The Morgan fingerprint density at radius 2 is 2.12 bits per heavy atom. The summed E-state index contributed by atoms with van der Waals surface area (Å²) in [4.78, 5) is 19.1. The molecule has 1 amide bonds. The standard InChI is InChI=1S/C17H20N6O/c1-4-8-21-10-14-19-20-16(23(14)12(3)17(21)24)15-11(2)18-13-7-5-6-9-22(13)15/h5-7,9,12H,4,8,10H2,1-3H3/t12-/m1/s1. The lowest BCUT2D eigenvalue weighted by Gasteiger charge is -2.31. The largest absolute Gasteiger partial charge is 0.333 e. The van der Waals surface area contributed by atoms with Crippen LogP contribution in [0.15, 0.2) is 24.4 Å². The van der Waals surface area contributed by atoms with Gasteiger partial charge in [0.1, 0.15) is 17.4 Å². The summed E-state index contributed by atoms with van der Waals surface area (Å²) in [6.07, 6.45) is 2.90. The van der Waals surface area contributed by atoms with E-state index in [0.717, 1.165) is 35.8 Å². The van der Waals surface area contributed by atoms with Gasteiger partial charge in [0.15, 0.2) is 11.6 Å². The molecule has 3 aromatic rings. The number of carbonyl (C=O) groups excluding carboxylic acids is 1. The molecule has 7 heteroatoms. The van der Waals surface area contributed by atoms with E-state index in [0.29, 0.717) is 12.4 Å². The third kappa shape index (κ3) is 2.04. The highest BCUT2D eigenvalue weighted by atomic mass is 16.2. The molecule has 0 saturated carbocycles. The lowest BCUT2D eigenvalue weighted by molar-refractivity contribution is -0.136. The molecule has 3 aromatic heterocycles. The number of nitrogens with zero attached hydrogens (tertiary/aromatic N) is 6. The molecule has 0 bridgehead atoms. The van der Waals surface area contributed by atoms with Crippen LogP contribution in [0, 0.1) is 6.92 Å². The second-order valence-corrected chi connectivity index (χ2v) is 6.22. The molecule has 0 radical (unpaired) electrons. The molecule has 124 valence electrons. The summed E-state index contributed by atoms with van der Waals surface area (Å²) in [7, 11) is 0. The van der Waals surface area contributed by atoms with Crippen LogP contribution >= 0.6 is 0 Å². The highest BCUT2D eigenvalue weighted by molar-refractivity contribution is 5.82. The number of rotatable bonds is 3. The van der Waals surface area contributed by atoms with Crippen LogP contribution < -0.4 is 0 Å². The van der Waals surface area contributed by atoms with Crippen LogP contribution in [0.25, 0.3) is 17.2 Å². The molecular formula is C17H20N6O. The molecule has 0 saturated heterocycles. The van der Waals surface area contributed by atoms with Crippen molar-refractivity contribution >= 4 is 11.6 Å². The van der Waals surface area contributed by atoms with E-state index in [9.17, 15) is 4.79 Å². The summed E-state index contributed by atoms with van der Waals surface area (Å²) in [6.45, 7) is 7.21. The third-order valence-electron chi connectivity index (χ3n) is 4.56. The minimum Gasteiger partial charge on any atom is -0.333 e. The first-order valence-electron chi connectivity index (χ1n) is 8.28. The van der Waals surface area contributed by atoms with Gasteiger partial charge in [0.05, 0.1) is 12.2 Å². The van der Waals surface area contributed by atoms with Gasteiger partial charge in [-0.25, -0.2) is 4.98 Å². The average molecular weight is 324 g/mol. The van der Waals surface area contributed by atoms with Gasteiger partial charge in [-0.3, -0.25) is 13.8 Å². The molecule has 0 N–H and O–H groups in total. The van der Waals surface area contributed by atoms with Crippen molar-refractivity contribution in [2.45, 2.75) is 39.8 Å². The molecule has 0 fully saturated rings. The molecule has 0 aromatic carbocycles. The molecule has 7 nitrogen and oxygen atoms in total. The highest BCUT2D eigenvalue weighted by Gasteiger charge is 2.34. The van der Waals surface area contributed by atoms with Crippen molar-refractivity contribution in [3.63, 3.8) is 0 Å². The Balaban J connectivity index is 1.88. The van der Waals surface area contributed by atoms with Crippen LogP contribution in [0.3, 0.4) is 0 Å². The Morgan fingerprint density at radius 1 is 1.29 bits per heavy atom. The number of imidazole rings is 1. The van der Waals surface area contributed by atoms with Crippen molar-refractivity contribution in [2.24, 2.45) is 0 Å². The molecule has 0 aliphatic carbocycles. The van der Waals surface area contributed by atoms with Crippen LogP contribution in [0.5, 0.6) is 0 Å². The molecule has 24 heavy (non-hydrogen) atoms. The van der Waals surface area contributed by atoms with Gasteiger partial charge in [-0.05, 0) is 32.4 Å². The fourth-order valence-electron chi connectivity index (χ4n) is 3.47. The van der Waals surface area contributed by atoms with Crippen LogP contribution in [-0.2, 0) is 11.3 Å². The van der Waals surface area contributed by atoms with Gasteiger partial charge in [0.25, 0.3) is 0 Å². The summed E-state index contributed by atoms with van der Waals surface area (Å²) in [5.74, 6) is 1.66. The summed E-state index contributed by atoms with van der Waals surface area (Å²) >= 11 is 0. The van der Waals surface area contributed by atoms with Crippen LogP contribution in [0.1, 0.15) is 37.8 Å². The first-order chi connectivity index (χ1) is 11.6. The van der Waals surface area contributed by atoms with Crippen molar-refractivity contribution in [3.05, 3.63) is 35.9 Å². The van der Waals surface area contributed by atoms with E-state index in [4.69, 9.17) is 0 Å². The van der Waals surface area contributed by atoms with Gasteiger partial charge in [-0.2, -0.15) is 0 Å². The van der Waals surface area contributed by atoms with Crippen LogP contribution in [0.4, 0.5) is 0 Å². The summed E-state index contributed by atoms with van der Waals surface area (Å²) in [5, 5.41) is 8.76. The van der Waals surface area contributed by atoms with E-state index in [2.05, 4.69) is 22.1 Å². The minimum atomic E-state index is -0.307. The smallest absolute Gasteiger partial charge is 0.245 e. The Morgan fingerprint density at radius 3 is 2.92 bits per heavy atom. The van der Waals surface area contributed by atoms with Gasteiger partial charge < -0.3 is 4.90 Å². The monoisotopic (exact) mass is 324 g/mol. The molecule has 1 aliphatic heterocycles. The Labute approximate surface area is 139 Å². The zero-order valence-corrected chi connectivity index (χ0v) is 14.1. The molecule has 1 aliphatic rings. The predicted octanol–water partition coefficient (Wildman–Crippen LogP) is 2.21. The predicted molar refractivity (Wildman–Crippen MR) is 89.4 cm³/mol. The van der Waals surface area contributed by atoms with E-state index >= 15 is 0 Å².